The van der Waals surface area contributed by atoms with E-state index in [1.54, 1.807) is 12.3 Å². The lowest BCUT2D eigenvalue weighted by Crippen LogP contribution is -2.23. The van der Waals surface area contributed by atoms with Gasteiger partial charge >= 0.3 is 0 Å². The van der Waals surface area contributed by atoms with Crippen molar-refractivity contribution < 1.29 is 4.79 Å². The smallest absolute Gasteiger partial charge is 0.252 e. The number of carbonyl (C=O) groups excluding carboxylic acids is 1. The summed E-state index contributed by atoms with van der Waals surface area (Å²) in [7, 11) is 0. The highest BCUT2D eigenvalue weighted by Crippen LogP contribution is 2.17. The van der Waals surface area contributed by atoms with Gasteiger partial charge in [0.25, 0.3) is 5.91 Å². The van der Waals surface area contributed by atoms with Crippen molar-refractivity contribution in [3.8, 4) is 0 Å². The molecule has 5 nitrogen and oxygen atoms in total. The zero-order chi connectivity index (χ0) is 13.9. The summed E-state index contributed by atoms with van der Waals surface area (Å²) in [6.07, 6.45) is 3.52. The minimum absolute atomic E-state index is 0.105. The fourth-order valence-electron chi connectivity index (χ4n) is 2.15. The van der Waals surface area contributed by atoms with Crippen molar-refractivity contribution in [2.24, 2.45) is 0 Å². The Morgan fingerprint density at radius 3 is 3.05 bits per heavy atom. The molecule has 0 aliphatic rings. The van der Waals surface area contributed by atoms with Crippen LogP contribution in [0.15, 0.2) is 42.7 Å². The van der Waals surface area contributed by atoms with Gasteiger partial charge in [-0.3, -0.25) is 4.79 Å². The minimum atomic E-state index is -0.105. The van der Waals surface area contributed by atoms with Gasteiger partial charge in [-0.15, -0.1) is 0 Å². The Hall–Kier alpha value is -2.69. The lowest BCUT2D eigenvalue weighted by Gasteiger charge is -2.06. The Labute approximate surface area is 116 Å². The number of hydrogen-bond donors (Lipinski definition) is 2. The molecule has 100 valence electrons. The van der Waals surface area contributed by atoms with E-state index in [1.807, 2.05) is 37.4 Å². The van der Waals surface area contributed by atoms with Crippen LogP contribution in [0.2, 0.25) is 0 Å². The molecular formula is C15H14N4O. The van der Waals surface area contributed by atoms with Gasteiger partial charge in [0.05, 0.1) is 12.2 Å². The van der Waals surface area contributed by atoms with E-state index in [2.05, 4.69) is 20.3 Å². The largest absolute Gasteiger partial charge is 0.361 e. The summed E-state index contributed by atoms with van der Waals surface area (Å²) in [5.41, 5.74) is 2.41. The number of rotatable bonds is 3. The first-order valence-electron chi connectivity index (χ1n) is 6.37. The average Bonchev–Trinajstić information content (AvgIpc) is 2.93. The fraction of sp³-hybridized carbons (Fsp3) is 0.133. The lowest BCUT2D eigenvalue weighted by molar-refractivity contribution is 0.0952. The summed E-state index contributed by atoms with van der Waals surface area (Å²) >= 11 is 0. The van der Waals surface area contributed by atoms with Crippen LogP contribution >= 0.6 is 0 Å². The standard InChI is InChI=1S/C15H14N4O/c1-10-16-7-5-11(19-10)9-18-15(20)13-3-2-4-14-12(13)6-8-17-14/h2-8,17H,9H2,1H3,(H,18,20). The first-order chi connectivity index (χ1) is 9.74. The maximum Gasteiger partial charge on any atom is 0.252 e. The van der Waals surface area contributed by atoms with E-state index >= 15 is 0 Å². The van der Waals surface area contributed by atoms with Gasteiger partial charge in [-0.25, -0.2) is 9.97 Å². The quantitative estimate of drug-likeness (QED) is 0.763. The second-order valence-electron chi connectivity index (χ2n) is 4.52. The highest BCUT2D eigenvalue weighted by Gasteiger charge is 2.10. The van der Waals surface area contributed by atoms with Crippen molar-refractivity contribution in [1.82, 2.24) is 20.3 Å². The number of aromatic amines is 1. The molecule has 3 aromatic rings. The second kappa shape index (κ2) is 5.13. The van der Waals surface area contributed by atoms with Gasteiger partial charge in [-0.05, 0) is 31.2 Å². The normalized spacial score (nSPS) is 10.7. The molecule has 0 saturated carbocycles. The number of carbonyl (C=O) groups is 1. The van der Waals surface area contributed by atoms with Crippen LogP contribution in [0.4, 0.5) is 0 Å². The first kappa shape index (κ1) is 12.3. The highest BCUT2D eigenvalue weighted by atomic mass is 16.1. The zero-order valence-corrected chi connectivity index (χ0v) is 11.1. The molecule has 5 heteroatoms. The number of H-pyrrole nitrogens is 1. The molecule has 0 bridgehead atoms. The molecule has 0 aliphatic heterocycles. The number of amides is 1. The van der Waals surface area contributed by atoms with Crippen LogP contribution in [0.25, 0.3) is 10.9 Å². The highest BCUT2D eigenvalue weighted by molar-refractivity contribution is 6.06. The van der Waals surface area contributed by atoms with Gasteiger partial charge < -0.3 is 10.3 Å². The van der Waals surface area contributed by atoms with Gasteiger partial charge in [0.1, 0.15) is 5.82 Å². The predicted octanol–water partition coefficient (Wildman–Crippen LogP) is 2.20. The molecule has 2 aromatic heterocycles. The van der Waals surface area contributed by atoms with E-state index in [0.29, 0.717) is 17.9 Å². The Kier molecular flexibility index (Phi) is 3.16. The Balaban J connectivity index is 1.78. The van der Waals surface area contributed by atoms with E-state index in [9.17, 15) is 4.79 Å². The van der Waals surface area contributed by atoms with Crippen LogP contribution in [0, 0.1) is 6.92 Å². The third-order valence-electron chi connectivity index (χ3n) is 3.10. The maximum atomic E-state index is 12.2. The van der Waals surface area contributed by atoms with E-state index in [0.717, 1.165) is 16.6 Å². The molecule has 2 N–H and O–H groups in total. The molecule has 0 unspecified atom stereocenters. The number of nitrogens with one attached hydrogen (secondary N) is 2. The summed E-state index contributed by atoms with van der Waals surface area (Å²) in [6.45, 7) is 2.22. The number of nitrogens with zero attached hydrogens (tertiary/aromatic N) is 2. The molecule has 0 saturated heterocycles. The van der Waals surface area contributed by atoms with Gasteiger partial charge in [0.2, 0.25) is 0 Å². The molecule has 1 amide bonds. The maximum absolute atomic E-state index is 12.2. The third kappa shape index (κ3) is 2.38. The summed E-state index contributed by atoms with van der Waals surface area (Å²) in [5, 5.41) is 3.80. The van der Waals surface area contributed by atoms with Crippen molar-refractivity contribution in [3.05, 3.63) is 59.8 Å². The number of fused-ring (bicyclic) bond motifs is 1. The molecule has 3 rings (SSSR count). The predicted molar refractivity (Wildman–Crippen MR) is 76.2 cm³/mol. The molecule has 0 spiro atoms. The van der Waals surface area contributed by atoms with Gasteiger partial charge in [0.15, 0.2) is 0 Å². The van der Waals surface area contributed by atoms with Crippen molar-refractivity contribution >= 4 is 16.8 Å². The van der Waals surface area contributed by atoms with E-state index in [4.69, 9.17) is 0 Å². The molecule has 0 aliphatic carbocycles. The molecule has 0 radical (unpaired) electrons. The Morgan fingerprint density at radius 1 is 1.30 bits per heavy atom. The van der Waals surface area contributed by atoms with E-state index in [-0.39, 0.29) is 5.91 Å². The van der Waals surface area contributed by atoms with Crippen molar-refractivity contribution in [3.63, 3.8) is 0 Å². The number of aromatic nitrogens is 3. The van der Waals surface area contributed by atoms with Crippen LogP contribution in [0.5, 0.6) is 0 Å². The van der Waals surface area contributed by atoms with E-state index in [1.165, 1.54) is 0 Å². The Morgan fingerprint density at radius 2 is 2.20 bits per heavy atom. The van der Waals surface area contributed by atoms with Crippen LogP contribution < -0.4 is 5.32 Å². The number of aryl methyl sites for hydroxylation is 1. The van der Waals surface area contributed by atoms with Crippen LogP contribution in [-0.2, 0) is 6.54 Å². The fourth-order valence-corrected chi connectivity index (χ4v) is 2.15. The van der Waals surface area contributed by atoms with Gasteiger partial charge in [-0.2, -0.15) is 0 Å². The summed E-state index contributed by atoms with van der Waals surface area (Å²) in [4.78, 5) is 23.6. The number of hydrogen-bond acceptors (Lipinski definition) is 3. The van der Waals surface area contributed by atoms with Gasteiger partial charge in [-0.1, -0.05) is 6.07 Å². The second-order valence-corrected chi connectivity index (χ2v) is 4.52. The topological polar surface area (TPSA) is 70.7 Å². The molecule has 0 fully saturated rings. The van der Waals surface area contributed by atoms with Crippen LogP contribution in [0.3, 0.4) is 0 Å². The molecule has 20 heavy (non-hydrogen) atoms. The van der Waals surface area contributed by atoms with Crippen LogP contribution in [0.1, 0.15) is 21.9 Å². The average molecular weight is 266 g/mol. The minimum Gasteiger partial charge on any atom is -0.361 e. The van der Waals surface area contributed by atoms with E-state index < -0.39 is 0 Å². The first-order valence-corrected chi connectivity index (χ1v) is 6.37. The zero-order valence-electron chi connectivity index (χ0n) is 11.1. The van der Waals surface area contributed by atoms with Crippen molar-refractivity contribution in [2.45, 2.75) is 13.5 Å². The van der Waals surface area contributed by atoms with Crippen LogP contribution in [-0.4, -0.2) is 20.9 Å². The summed E-state index contributed by atoms with van der Waals surface area (Å²) < 4.78 is 0. The molecule has 0 atom stereocenters. The van der Waals surface area contributed by atoms with Gasteiger partial charge in [0, 0.05) is 28.9 Å². The lowest BCUT2D eigenvalue weighted by atomic mass is 10.1. The van der Waals surface area contributed by atoms with Crippen molar-refractivity contribution in [2.75, 3.05) is 0 Å². The number of benzene rings is 1. The Bertz CT molecular complexity index is 763. The summed E-state index contributed by atoms with van der Waals surface area (Å²) in [6, 6.07) is 9.32. The SMILES string of the molecule is Cc1nccc(CNC(=O)c2cccc3[nH]ccc23)n1. The summed E-state index contributed by atoms with van der Waals surface area (Å²) in [5.74, 6) is 0.593. The van der Waals surface area contributed by atoms with Crippen molar-refractivity contribution in [1.29, 1.82) is 0 Å². The monoisotopic (exact) mass is 266 g/mol. The third-order valence-corrected chi connectivity index (χ3v) is 3.10. The molecule has 1 aromatic carbocycles. The molecular weight excluding hydrogens is 252 g/mol. The molecule has 2 heterocycles.